The van der Waals surface area contributed by atoms with Gasteiger partial charge in [0.15, 0.2) is 0 Å². The van der Waals surface area contributed by atoms with Crippen molar-refractivity contribution in [3.63, 3.8) is 0 Å². The summed E-state index contributed by atoms with van der Waals surface area (Å²) in [7, 11) is 0. The number of aromatic nitrogens is 2. The Morgan fingerprint density at radius 1 is 1.47 bits per heavy atom. The van der Waals surface area contributed by atoms with Crippen LogP contribution in [0.5, 0.6) is 0 Å². The Bertz CT molecular complexity index is 281. The van der Waals surface area contributed by atoms with Crippen molar-refractivity contribution >= 4 is 0 Å². The first-order valence-corrected chi connectivity index (χ1v) is 5.48. The third-order valence-electron chi connectivity index (χ3n) is 2.10. The molecule has 0 spiro atoms. The minimum absolute atomic E-state index is 0.331. The molecule has 0 bridgehead atoms. The smallest absolute Gasteiger partial charge is 0.122 e. The summed E-state index contributed by atoms with van der Waals surface area (Å²) < 4.78 is 1.98. The van der Waals surface area contributed by atoms with E-state index in [0.717, 1.165) is 18.9 Å². The number of hydrogen-bond acceptors (Lipinski definition) is 3. The van der Waals surface area contributed by atoms with Crippen molar-refractivity contribution < 1.29 is 5.11 Å². The minimum Gasteiger partial charge on any atom is -0.392 e. The van der Waals surface area contributed by atoms with E-state index >= 15 is 0 Å². The van der Waals surface area contributed by atoms with E-state index in [1.54, 1.807) is 13.1 Å². The first-order chi connectivity index (χ1) is 7.09. The normalized spacial score (nSPS) is 13.4. The lowest BCUT2D eigenvalue weighted by molar-refractivity contribution is 0.172. The van der Waals surface area contributed by atoms with Crippen LogP contribution < -0.4 is 5.32 Å². The van der Waals surface area contributed by atoms with E-state index in [1.807, 2.05) is 10.8 Å². The van der Waals surface area contributed by atoms with Gasteiger partial charge < -0.3 is 15.0 Å². The lowest BCUT2D eigenvalue weighted by Crippen LogP contribution is -2.22. The van der Waals surface area contributed by atoms with Crippen LogP contribution in [0.15, 0.2) is 12.4 Å². The number of nitrogens with one attached hydrogen (secondary N) is 1. The summed E-state index contributed by atoms with van der Waals surface area (Å²) in [6, 6.07) is 0. The fourth-order valence-corrected chi connectivity index (χ4v) is 1.43. The average Bonchev–Trinajstić information content (AvgIpc) is 2.51. The molecule has 1 rings (SSSR count). The molecule has 15 heavy (non-hydrogen) atoms. The second kappa shape index (κ2) is 5.88. The van der Waals surface area contributed by atoms with Crippen molar-refractivity contribution in [3.8, 4) is 0 Å². The molecule has 0 saturated heterocycles. The third kappa shape index (κ3) is 4.44. The Labute approximate surface area is 91.3 Å². The fraction of sp³-hybridized carbons (Fsp3) is 0.727. The lowest BCUT2D eigenvalue weighted by Gasteiger charge is -2.11. The van der Waals surface area contributed by atoms with Crippen LogP contribution in [0.1, 0.15) is 26.6 Å². The highest BCUT2D eigenvalue weighted by atomic mass is 16.3. The highest BCUT2D eigenvalue weighted by molar-refractivity contribution is 4.92. The molecular formula is C11H21N3O. The number of aliphatic hydroxyl groups excluding tert-OH is 1. The van der Waals surface area contributed by atoms with Crippen molar-refractivity contribution in [1.29, 1.82) is 0 Å². The van der Waals surface area contributed by atoms with Gasteiger partial charge in [0.1, 0.15) is 5.82 Å². The molecule has 0 radical (unpaired) electrons. The third-order valence-corrected chi connectivity index (χ3v) is 2.10. The van der Waals surface area contributed by atoms with Gasteiger partial charge in [-0.3, -0.25) is 0 Å². The molecule has 4 nitrogen and oxygen atoms in total. The zero-order valence-electron chi connectivity index (χ0n) is 9.77. The van der Waals surface area contributed by atoms with Crippen molar-refractivity contribution in [2.45, 2.75) is 40.0 Å². The Morgan fingerprint density at radius 2 is 2.20 bits per heavy atom. The lowest BCUT2D eigenvalue weighted by atomic mass is 10.2. The fourth-order valence-electron chi connectivity index (χ4n) is 1.43. The van der Waals surface area contributed by atoms with E-state index < -0.39 is 0 Å². The molecule has 2 N–H and O–H groups in total. The van der Waals surface area contributed by atoms with Crippen molar-refractivity contribution in [2.24, 2.45) is 5.92 Å². The van der Waals surface area contributed by atoms with Crippen LogP contribution in [0.2, 0.25) is 0 Å². The van der Waals surface area contributed by atoms with Crippen molar-refractivity contribution in [1.82, 2.24) is 14.9 Å². The standard InChI is InChI=1S/C11H21N3O/c1-9(2)6-12-7-11-13-4-5-14(11)8-10(3)15/h4-5,9-10,12,15H,6-8H2,1-3H3. The number of imidazole rings is 1. The molecule has 4 heteroatoms. The maximum atomic E-state index is 9.29. The van der Waals surface area contributed by atoms with E-state index in [9.17, 15) is 5.11 Å². The van der Waals surface area contributed by atoms with Gasteiger partial charge in [-0.25, -0.2) is 4.98 Å². The Morgan fingerprint density at radius 3 is 2.80 bits per heavy atom. The second-order valence-electron chi connectivity index (χ2n) is 4.37. The number of rotatable bonds is 6. The quantitative estimate of drug-likeness (QED) is 0.738. The van der Waals surface area contributed by atoms with Crippen LogP contribution in [0.4, 0.5) is 0 Å². The zero-order chi connectivity index (χ0) is 11.3. The van der Waals surface area contributed by atoms with Gasteiger partial charge >= 0.3 is 0 Å². The van der Waals surface area contributed by atoms with Crippen LogP contribution in [-0.4, -0.2) is 27.3 Å². The Kier molecular flexibility index (Phi) is 4.78. The summed E-state index contributed by atoms with van der Waals surface area (Å²) >= 11 is 0. The van der Waals surface area contributed by atoms with Crippen LogP contribution in [-0.2, 0) is 13.1 Å². The summed E-state index contributed by atoms with van der Waals surface area (Å²) in [5.41, 5.74) is 0. The van der Waals surface area contributed by atoms with E-state index in [4.69, 9.17) is 0 Å². The first-order valence-electron chi connectivity index (χ1n) is 5.48. The summed E-state index contributed by atoms with van der Waals surface area (Å²) in [4.78, 5) is 4.26. The molecule has 1 heterocycles. The number of nitrogens with zero attached hydrogens (tertiary/aromatic N) is 2. The van der Waals surface area contributed by atoms with Crippen LogP contribution >= 0.6 is 0 Å². The number of aliphatic hydroxyl groups is 1. The molecule has 0 fully saturated rings. The minimum atomic E-state index is -0.331. The monoisotopic (exact) mass is 211 g/mol. The van der Waals surface area contributed by atoms with Crippen molar-refractivity contribution in [2.75, 3.05) is 6.54 Å². The van der Waals surface area contributed by atoms with E-state index in [-0.39, 0.29) is 6.10 Å². The molecule has 1 aromatic rings. The van der Waals surface area contributed by atoms with Gasteiger partial charge in [-0.1, -0.05) is 13.8 Å². The molecule has 0 aliphatic heterocycles. The average molecular weight is 211 g/mol. The van der Waals surface area contributed by atoms with Gasteiger partial charge in [0.25, 0.3) is 0 Å². The van der Waals surface area contributed by atoms with Crippen LogP contribution in [0.3, 0.4) is 0 Å². The van der Waals surface area contributed by atoms with Crippen molar-refractivity contribution in [3.05, 3.63) is 18.2 Å². The van der Waals surface area contributed by atoms with Crippen LogP contribution in [0.25, 0.3) is 0 Å². The SMILES string of the molecule is CC(C)CNCc1nccn1CC(C)O. The van der Waals surface area contributed by atoms with Gasteiger partial charge in [-0.2, -0.15) is 0 Å². The van der Waals surface area contributed by atoms with E-state index in [2.05, 4.69) is 24.1 Å². The van der Waals surface area contributed by atoms with Gasteiger partial charge in [0, 0.05) is 18.9 Å². The molecule has 1 aromatic heterocycles. The maximum absolute atomic E-state index is 9.29. The number of hydrogen-bond donors (Lipinski definition) is 2. The van der Waals surface area contributed by atoms with Gasteiger partial charge in [0.05, 0.1) is 12.6 Å². The molecule has 0 aliphatic carbocycles. The van der Waals surface area contributed by atoms with E-state index in [1.165, 1.54) is 0 Å². The second-order valence-corrected chi connectivity index (χ2v) is 4.37. The molecule has 1 atom stereocenters. The molecule has 0 aromatic carbocycles. The molecular weight excluding hydrogens is 190 g/mol. The zero-order valence-corrected chi connectivity index (χ0v) is 9.77. The summed E-state index contributed by atoms with van der Waals surface area (Å²) in [6.45, 7) is 8.49. The molecule has 1 unspecified atom stereocenters. The molecule has 0 saturated carbocycles. The van der Waals surface area contributed by atoms with E-state index in [0.29, 0.717) is 12.5 Å². The highest BCUT2D eigenvalue weighted by Gasteiger charge is 2.04. The summed E-state index contributed by atoms with van der Waals surface area (Å²) in [5, 5.41) is 12.6. The summed E-state index contributed by atoms with van der Waals surface area (Å²) in [6.07, 6.45) is 3.34. The highest BCUT2D eigenvalue weighted by Crippen LogP contribution is 2.00. The predicted molar refractivity (Wildman–Crippen MR) is 60.5 cm³/mol. The Balaban J connectivity index is 2.43. The predicted octanol–water partition coefficient (Wildman–Crippen LogP) is 1.01. The summed E-state index contributed by atoms with van der Waals surface area (Å²) in [5.74, 6) is 1.63. The largest absolute Gasteiger partial charge is 0.392 e. The molecule has 0 amide bonds. The van der Waals surface area contributed by atoms with Gasteiger partial charge in [-0.05, 0) is 19.4 Å². The van der Waals surface area contributed by atoms with Crippen LogP contribution in [0, 0.1) is 5.92 Å². The van der Waals surface area contributed by atoms with Gasteiger partial charge in [-0.15, -0.1) is 0 Å². The molecule has 0 aliphatic rings. The first kappa shape index (κ1) is 12.2. The van der Waals surface area contributed by atoms with Gasteiger partial charge in [0.2, 0.25) is 0 Å². The maximum Gasteiger partial charge on any atom is 0.122 e. The Hall–Kier alpha value is -0.870. The molecule has 86 valence electrons. The topological polar surface area (TPSA) is 50.1 Å².